The number of hydrogen-bond donors (Lipinski definition) is 3. The van der Waals surface area contributed by atoms with Gasteiger partial charge in [-0.15, -0.1) is 0 Å². The quantitative estimate of drug-likeness (QED) is 0.683. The summed E-state index contributed by atoms with van der Waals surface area (Å²) < 4.78 is 37.9. The van der Waals surface area contributed by atoms with Crippen molar-refractivity contribution in [3.05, 3.63) is 0 Å². The third-order valence-corrected chi connectivity index (χ3v) is 2.99. The molecule has 0 spiro atoms. The van der Waals surface area contributed by atoms with Gasteiger partial charge in [0.2, 0.25) is 11.4 Å². The van der Waals surface area contributed by atoms with Crippen LogP contribution >= 0.6 is 0 Å². The summed E-state index contributed by atoms with van der Waals surface area (Å²) in [6.45, 7) is 5.15. The Morgan fingerprint density at radius 1 is 1.21 bits per heavy atom. The van der Waals surface area contributed by atoms with Gasteiger partial charge in [0, 0.05) is 6.04 Å². The van der Waals surface area contributed by atoms with Crippen LogP contribution < -0.4 is 10.6 Å². The van der Waals surface area contributed by atoms with Crippen LogP contribution in [0.1, 0.15) is 27.7 Å². The molecule has 19 heavy (non-hydrogen) atoms. The van der Waals surface area contributed by atoms with Gasteiger partial charge in [0.1, 0.15) is 0 Å². The zero-order valence-corrected chi connectivity index (χ0v) is 11.3. The van der Waals surface area contributed by atoms with Gasteiger partial charge in [-0.25, -0.2) is 4.79 Å². The average molecular weight is 284 g/mol. The van der Waals surface area contributed by atoms with Crippen molar-refractivity contribution < 1.29 is 27.9 Å². The first-order valence-electron chi connectivity index (χ1n) is 5.76. The molecule has 8 heteroatoms. The minimum atomic E-state index is -5.00. The number of carboxylic acid groups (broad SMARTS) is 1. The van der Waals surface area contributed by atoms with Gasteiger partial charge >= 0.3 is 12.1 Å². The second-order valence-electron chi connectivity index (χ2n) is 4.88. The molecule has 0 radical (unpaired) electrons. The van der Waals surface area contributed by atoms with Crippen LogP contribution in [-0.2, 0) is 9.59 Å². The number of nitrogens with one attached hydrogen (secondary N) is 2. The number of aliphatic carboxylic acids is 1. The maximum absolute atomic E-state index is 12.6. The van der Waals surface area contributed by atoms with Crippen molar-refractivity contribution in [2.24, 2.45) is 5.92 Å². The molecule has 0 bridgehead atoms. The normalized spacial score (nSPS) is 16.8. The van der Waals surface area contributed by atoms with Gasteiger partial charge in [0.05, 0.1) is 6.54 Å². The van der Waals surface area contributed by atoms with Gasteiger partial charge in [-0.2, -0.15) is 13.2 Å². The summed E-state index contributed by atoms with van der Waals surface area (Å²) in [6, 6.07) is -0.212. The smallest absolute Gasteiger partial charge is 0.417 e. The summed E-state index contributed by atoms with van der Waals surface area (Å²) in [5, 5.41) is 12.9. The topological polar surface area (TPSA) is 78.4 Å². The first kappa shape index (κ1) is 17.7. The average Bonchev–Trinajstić information content (AvgIpc) is 2.23. The van der Waals surface area contributed by atoms with E-state index >= 15 is 0 Å². The third kappa shape index (κ3) is 4.70. The van der Waals surface area contributed by atoms with E-state index in [0.717, 1.165) is 0 Å². The lowest BCUT2D eigenvalue weighted by atomic mass is 10.0. The number of hydrogen-bond acceptors (Lipinski definition) is 3. The monoisotopic (exact) mass is 284 g/mol. The largest absolute Gasteiger partial charge is 0.480 e. The van der Waals surface area contributed by atoms with Crippen LogP contribution in [-0.4, -0.2) is 41.3 Å². The summed E-state index contributed by atoms with van der Waals surface area (Å²) >= 11 is 0. The molecule has 0 saturated carbocycles. The number of carbonyl (C=O) groups is 2. The minimum absolute atomic E-state index is 0.123. The maximum Gasteiger partial charge on any atom is 0.417 e. The van der Waals surface area contributed by atoms with E-state index in [-0.39, 0.29) is 12.0 Å². The van der Waals surface area contributed by atoms with Gasteiger partial charge in [-0.05, 0) is 19.8 Å². The molecular weight excluding hydrogens is 265 g/mol. The van der Waals surface area contributed by atoms with Crippen LogP contribution in [0.3, 0.4) is 0 Å². The van der Waals surface area contributed by atoms with E-state index in [0.29, 0.717) is 6.92 Å². The van der Waals surface area contributed by atoms with Gasteiger partial charge in [0.15, 0.2) is 0 Å². The Morgan fingerprint density at radius 3 is 2.00 bits per heavy atom. The standard InChI is InChI=1S/C11H19F3N2O3/c1-6(2)7(3)16-8(17)5-15-10(4,9(18)19)11(12,13)14/h6-7,15H,5H2,1-4H3,(H,16,17)(H,18,19). The molecular formula is C11H19F3N2O3. The van der Waals surface area contributed by atoms with E-state index in [1.165, 1.54) is 0 Å². The summed E-state index contributed by atoms with van der Waals surface area (Å²) in [5.41, 5.74) is -3.15. The van der Waals surface area contributed by atoms with Crippen molar-refractivity contribution in [1.82, 2.24) is 10.6 Å². The molecule has 3 N–H and O–H groups in total. The molecule has 0 aromatic heterocycles. The molecule has 0 aliphatic heterocycles. The van der Waals surface area contributed by atoms with Crippen molar-refractivity contribution in [1.29, 1.82) is 0 Å². The number of carbonyl (C=O) groups excluding carboxylic acids is 1. The Kier molecular flexibility index (Phi) is 5.80. The Hall–Kier alpha value is -1.31. The second-order valence-corrected chi connectivity index (χ2v) is 4.88. The van der Waals surface area contributed by atoms with E-state index in [1.54, 1.807) is 12.2 Å². The summed E-state index contributed by atoms with van der Waals surface area (Å²) in [6.07, 6.45) is -5.00. The number of amides is 1. The predicted molar refractivity (Wildman–Crippen MR) is 62.5 cm³/mol. The summed E-state index contributed by atoms with van der Waals surface area (Å²) in [7, 11) is 0. The highest BCUT2D eigenvalue weighted by atomic mass is 19.4. The highest BCUT2D eigenvalue weighted by Gasteiger charge is 2.57. The van der Waals surface area contributed by atoms with Gasteiger partial charge in [-0.1, -0.05) is 13.8 Å². The Bertz CT molecular complexity index is 345. The van der Waals surface area contributed by atoms with Gasteiger partial charge in [0.25, 0.3) is 0 Å². The first-order valence-corrected chi connectivity index (χ1v) is 5.76. The fourth-order valence-electron chi connectivity index (χ4n) is 1.03. The highest BCUT2D eigenvalue weighted by Crippen LogP contribution is 2.30. The molecule has 0 fully saturated rings. The van der Waals surface area contributed by atoms with Crippen LogP contribution in [0.5, 0.6) is 0 Å². The molecule has 2 unspecified atom stereocenters. The third-order valence-electron chi connectivity index (χ3n) is 2.99. The van der Waals surface area contributed by atoms with Crippen molar-refractivity contribution in [3.63, 3.8) is 0 Å². The molecule has 2 atom stereocenters. The zero-order chi connectivity index (χ0) is 15.4. The molecule has 0 aromatic rings. The zero-order valence-electron chi connectivity index (χ0n) is 11.3. The lowest BCUT2D eigenvalue weighted by molar-refractivity contribution is -0.205. The van der Waals surface area contributed by atoms with Gasteiger partial charge < -0.3 is 10.4 Å². The predicted octanol–water partition coefficient (Wildman–Crippen LogP) is 1.14. The van der Waals surface area contributed by atoms with Crippen LogP contribution in [0.4, 0.5) is 13.2 Å². The van der Waals surface area contributed by atoms with Crippen LogP contribution in [0.25, 0.3) is 0 Å². The highest BCUT2D eigenvalue weighted by molar-refractivity contribution is 5.82. The second kappa shape index (κ2) is 6.23. The van der Waals surface area contributed by atoms with Crippen molar-refractivity contribution in [2.75, 3.05) is 6.54 Å². The first-order chi connectivity index (χ1) is 8.41. The molecule has 0 heterocycles. The van der Waals surface area contributed by atoms with Crippen LogP contribution in [0.2, 0.25) is 0 Å². The Balaban J connectivity index is 4.60. The molecule has 0 aliphatic rings. The molecule has 5 nitrogen and oxygen atoms in total. The fraction of sp³-hybridized carbons (Fsp3) is 0.818. The number of halogens is 3. The van der Waals surface area contributed by atoms with Crippen LogP contribution in [0, 0.1) is 5.92 Å². The van der Waals surface area contributed by atoms with Crippen molar-refractivity contribution in [2.45, 2.75) is 45.5 Å². The lowest BCUT2D eigenvalue weighted by Gasteiger charge is -2.28. The Morgan fingerprint density at radius 2 is 1.68 bits per heavy atom. The molecule has 0 saturated heterocycles. The van der Waals surface area contributed by atoms with Crippen LogP contribution in [0.15, 0.2) is 0 Å². The molecule has 0 rings (SSSR count). The van der Waals surface area contributed by atoms with Crippen molar-refractivity contribution >= 4 is 11.9 Å². The van der Waals surface area contributed by atoms with E-state index in [1.807, 2.05) is 13.8 Å². The molecule has 1 amide bonds. The van der Waals surface area contributed by atoms with Crippen molar-refractivity contribution in [3.8, 4) is 0 Å². The van der Waals surface area contributed by atoms with E-state index < -0.39 is 30.1 Å². The number of alkyl halides is 3. The summed E-state index contributed by atoms with van der Waals surface area (Å²) in [5.74, 6) is -2.64. The van der Waals surface area contributed by atoms with E-state index in [4.69, 9.17) is 5.11 Å². The number of carboxylic acids is 1. The van der Waals surface area contributed by atoms with E-state index in [9.17, 15) is 22.8 Å². The van der Waals surface area contributed by atoms with Gasteiger partial charge in [-0.3, -0.25) is 10.1 Å². The maximum atomic E-state index is 12.6. The molecule has 0 aliphatic carbocycles. The Labute approximate surface area is 109 Å². The number of rotatable bonds is 6. The SMILES string of the molecule is CC(C)C(C)NC(=O)CNC(C)(C(=O)O)C(F)(F)F. The molecule has 0 aromatic carbocycles. The van der Waals surface area contributed by atoms with E-state index in [2.05, 4.69) is 5.32 Å². The summed E-state index contributed by atoms with van der Waals surface area (Å²) in [4.78, 5) is 22.1. The molecule has 112 valence electrons. The minimum Gasteiger partial charge on any atom is -0.480 e. The lowest BCUT2D eigenvalue weighted by Crippen LogP contribution is -2.62. The fourth-order valence-corrected chi connectivity index (χ4v) is 1.03.